The predicted molar refractivity (Wildman–Crippen MR) is 77.4 cm³/mol. The second kappa shape index (κ2) is 5.54. The maximum Gasteiger partial charge on any atom is 0.224 e. The van der Waals surface area contributed by atoms with Crippen LogP contribution in [-0.4, -0.2) is 17.3 Å². The lowest BCUT2D eigenvalue weighted by Crippen LogP contribution is -2.45. The molecule has 2 aliphatic rings. The van der Waals surface area contributed by atoms with E-state index in [2.05, 4.69) is 29.6 Å². The molecule has 2 unspecified atom stereocenters. The molecular weight excluding hydrogens is 258 g/mol. The molecule has 1 fully saturated rings. The molecule has 2 nitrogen and oxygen atoms in total. The van der Waals surface area contributed by atoms with Crippen molar-refractivity contribution in [1.29, 1.82) is 0 Å². The van der Waals surface area contributed by atoms with Crippen molar-refractivity contribution in [2.24, 2.45) is 5.92 Å². The highest BCUT2D eigenvalue weighted by Crippen LogP contribution is 2.28. The van der Waals surface area contributed by atoms with Crippen molar-refractivity contribution in [3.63, 3.8) is 0 Å². The van der Waals surface area contributed by atoms with Crippen LogP contribution in [0.3, 0.4) is 0 Å². The maximum absolute atomic E-state index is 12.4. The fourth-order valence-corrected chi connectivity index (χ4v) is 3.64. The van der Waals surface area contributed by atoms with Crippen LogP contribution in [-0.2, 0) is 17.6 Å². The van der Waals surface area contributed by atoms with Crippen LogP contribution in [0.15, 0.2) is 24.3 Å². The molecule has 1 saturated carbocycles. The van der Waals surface area contributed by atoms with E-state index in [1.54, 1.807) is 0 Å². The second-order valence-electron chi connectivity index (χ2n) is 5.79. The summed E-state index contributed by atoms with van der Waals surface area (Å²) in [6, 6.07) is 8.54. The zero-order valence-electron chi connectivity index (χ0n) is 11.1. The molecule has 1 aromatic carbocycles. The highest BCUT2D eigenvalue weighted by Gasteiger charge is 2.31. The fourth-order valence-electron chi connectivity index (χ4n) is 3.29. The Balaban J connectivity index is 1.60. The van der Waals surface area contributed by atoms with Crippen LogP contribution in [0.1, 0.15) is 36.8 Å². The van der Waals surface area contributed by atoms with Gasteiger partial charge in [0.05, 0.1) is 5.38 Å². The summed E-state index contributed by atoms with van der Waals surface area (Å²) < 4.78 is 0. The van der Waals surface area contributed by atoms with Gasteiger partial charge in [-0.2, -0.15) is 0 Å². The van der Waals surface area contributed by atoms with Gasteiger partial charge in [-0.25, -0.2) is 0 Å². The van der Waals surface area contributed by atoms with Gasteiger partial charge in [-0.15, -0.1) is 11.6 Å². The summed E-state index contributed by atoms with van der Waals surface area (Å²) in [5, 5.41) is 3.29. The molecule has 3 heteroatoms. The number of rotatable bonds is 2. The van der Waals surface area contributed by atoms with Crippen LogP contribution in [0.4, 0.5) is 0 Å². The molecule has 0 aliphatic heterocycles. The van der Waals surface area contributed by atoms with Crippen LogP contribution in [0, 0.1) is 5.92 Å². The summed E-state index contributed by atoms with van der Waals surface area (Å²) in [5.41, 5.74) is 2.66. The molecule has 0 spiro atoms. The van der Waals surface area contributed by atoms with Gasteiger partial charge in [-0.1, -0.05) is 37.1 Å². The Morgan fingerprint density at radius 3 is 2.37 bits per heavy atom. The van der Waals surface area contributed by atoms with Crippen LogP contribution in [0.5, 0.6) is 0 Å². The van der Waals surface area contributed by atoms with Crippen molar-refractivity contribution in [2.75, 3.05) is 0 Å². The number of hydrogen-bond donors (Lipinski definition) is 1. The van der Waals surface area contributed by atoms with E-state index >= 15 is 0 Å². The van der Waals surface area contributed by atoms with Gasteiger partial charge >= 0.3 is 0 Å². The van der Waals surface area contributed by atoms with Crippen LogP contribution in [0.25, 0.3) is 0 Å². The Labute approximate surface area is 119 Å². The SMILES string of the molecule is O=C(NC1CCCCC1Cl)C1Cc2ccccc2C1. The van der Waals surface area contributed by atoms with Gasteiger partial charge in [0.25, 0.3) is 0 Å². The molecule has 0 saturated heterocycles. The van der Waals surface area contributed by atoms with Crippen molar-refractivity contribution in [2.45, 2.75) is 49.9 Å². The Hall–Kier alpha value is -1.02. The average molecular weight is 278 g/mol. The average Bonchev–Trinajstić information content (AvgIpc) is 2.85. The largest absolute Gasteiger partial charge is 0.352 e. The van der Waals surface area contributed by atoms with Gasteiger partial charge < -0.3 is 5.32 Å². The molecular formula is C16H20ClNO. The lowest BCUT2D eigenvalue weighted by Gasteiger charge is -2.28. The van der Waals surface area contributed by atoms with E-state index in [1.807, 2.05) is 0 Å². The number of halogens is 1. The third kappa shape index (κ3) is 2.79. The minimum atomic E-state index is 0.100. The van der Waals surface area contributed by atoms with Gasteiger partial charge in [-0.05, 0) is 36.8 Å². The van der Waals surface area contributed by atoms with Crippen LogP contribution >= 0.6 is 11.6 Å². The minimum Gasteiger partial charge on any atom is -0.352 e. The van der Waals surface area contributed by atoms with Crippen LogP contribution in [0.2, 0.25) is 0 Å². The number of carbonyl (C=O) groups is 1. The smallest absolute Gasteiger partial charge is 0.224 e. The monoisotopic (exact) mass is 277 g/mol. The number of amides is 1. The third-order valence-corrected chi connectivity index (χ3v) is 4.95. The lowest BCUT2D eigenvalue weighted by atomic mass is 9.94. The summed E-state index contributed by atoms with van der Waals surface area (Å²) in [4.78, 5) is 12.4. The first kappa shape index (κ1) is 13.0. The third-order valence-electron chi connectivity index (χ3n) is 4.43. The maximum atomic E-state index is 12.4. The second-order valence-corrected chi connectivity index (χ2v) is 6.35. The number of hydrogen-bond acceptors (Lipinski definition) is 1. The molecule has 3 rings (SSSR count). The van der Waals surface area contributed by atoms with Gasteiger partial charge in [0.1, 0.15) is 0 Å². The normalized spacial score (nSPS) is 27.0. The molecule has 0 aromatic heterocycles. The minimum absolute atomic E-state index is 0.100. The quantitative estimate of drug-likeness (QED) is 0.827. The van der Waals surface area contributed by atoms with Gasteiger partial charge in [0, 0.05) is 12.0 Å². The number of nitrogens with one attached hydrogen (secondary N) is 1. The van der Waals surface area contributed by atoms with Crippen molar-refractivity contribution < 1.29 is 4.79 Å². The van der Waals surface area contributed by atoms with Crippen molar-refractivity contribution in [3.05, 3.63) is 35.4 Å². The number of alkyl halides is 1. The number of fused-ring (bicyclic) bond motifs is 1. The highest BCUT2D eigenvalue weighted by molar-refractivity contribution is 6.21. The standard InChI is InChI=1S/C16H20ClNO/c17-14-7-3-4-8-15(14)18-16(19)13-9-11-5-1-2-6-12(11)10-13/h1-2,5-6,13-15H,3-4,7-10H2,(H,18,19). The lowest BCUT2D eigenvalue weighted by molar-refractivity contribution is -0.125. The van der Waals surface area contributed by atoms with E-state index in [4.69, 9.17) is 11.6 Å². The van der Waals surface area contributed by atoms with Crippen molar-refractivity contribution in [3.8, 4) is 0 Å². The first-order valence-corrected chi connectivity index (χ1v) is 7.69. The Morgan fingerprint density at radius 2 is 1.74 bits per heavy atom. The Kier molecular flexibility index (Phi) is 3.79. The zero-order valence-corrected chi connectivity index (χ0v) is 11.8. The summed E-state index contributed by atoms with van der Waals surface area (Å²) in [5.74, 6) is 0.289. The van der Waals surface area contributed by atoms with Gasteiger partial charge in [-0.3, -0.25) is 4.79 Å². The predicted octanol–water partition coefficient (Wildman–Crippen LogP) is 3.07. The highest BCUT2D eigenvalue weighted by atomic mass is 35.5. The first-order chi connectivity index (χ1) is 9.24. The topological polar surface area (TPSA) is 29.1 Å². The van der Waals surface area contributed by atoms with Gasteiger partial charge in [0.15, 0.2) is 0 Å². The van der Waals surface area contributed by atoms with Crippen molar-refractivity contribution >= 4 is 17.5 Å². The summed E-state index contributed by atoms with van der Waals surface area (Å²) in [6.45, 7) is 0. The molecule has 2 atom stereocenters. The van der Waals surface area contributed by atoms with Crippen LogP contribution < -0.4 is 5.32 Å². The molecule has 0 bridgehead atoms. The van der Waals surface area contributed by atoms with E-state index in [1.165, 1.54) is 24.0 Å². The number of benzene rings is 1. The molecule has 102 valence electrons. The van der Waals surface area contributed by atoms with E-state index in [0.29, 0.717) is 0 Å². The Bertz CT molecular complexity index is 449. The summed E-state index contributed by atoms with van der Waals surface area (Å²) >= 11 is 6.31. The fraction of sp³-hybridized carbons (Fsp3) is 0.562. The van der Waals surface area contributed by atoms with Crippen molar-refractivity contribution in [1.82, 2.24) is 5.32 Å². The van der Waals surface area contributed by atoms with E-state index in [9.17, 15) is 4.79 Å². The molecule has 1 N–H and O–H groups in total. The van der Waals surface area contributed by atoms with Gasteiger partial charge in [0.2, 0.25) is 5.91 Å². The van der Waals surface area contributed by atoms with E-state index in [-0.39, 0.29) is 23.2 Å². The molecule has 1 amide bonds. The summed E-state index contributed by atoms with van der Waals surface area (Å²) in [6.07, 6.45) is 6.18. The first-order valence-electron chi connectivity index (χ1n) is 7.25. The zero-order chi connectivity index (χ0) is 13.2. The van der Waals surface area contributed by atoms with E-state index in [0.717, 1.165) is 25.7 Å². The molecule has 2 aliphatic carbocycles. The summed E-state index contributed by atoms with van der Waals surface area (Å²) in [7, 11) is 0. The number of carbonyl (C=O) groups excluding carboxylic acids is 1. The Morgan fingerprint density at radius 1 is 1.11 bits per heavy atom. The molecule has 0 radical (unpaired) electrons. The molecule has 19 heavy (non-hydrogen) atoms. The molecule has 1 aromatic rings. The molecule has 0 heterocycles. The van der Waals surface area contributed by atoms with E-state index < -0.39 is 0 Å².